The largest absolute Gasteiger partial charge is 0.463 e. The van der Waals surface area contributed by atoms with E-state index in [0.717, 1.165) is 0 Å². The molecule has 0 radical (unpaired) electrons. The summed E-state index contributed by atoms with van der Waals surface area (Å²) < 4.78 is 31.9. The number of amides is 1. The summed E-state index contributed by atoms with van der Waals surface area (Å²) >= 11 is 1.42. The number of esters is 1. The zero-order valence-electron chi connectivity index (χ0n) is 24.0. The smallest absolute Gasteiger partial charge is 0.410 e. The Morgan fingerprint density at radius 3 is 2.78 bits per heavy atom. The number of fused-ring (bicyclic) bond motifs is 1. The van der Waals surface area contributed by atoms with Crippen molar-refractivity contribution in [2.75, 3.05) is 39.4 Å². The van der Waals surface area contributed by atoms with E-state index in [9.17, 15) is 14.0 Å². The minimum absolute atomic E-state index is 0.106. The first-order valence-corrected chi connectivity index (χ1v) is 14.7. The topological polar surface area (TPSA) is 106 Å². The Morgan fingerprint density at radius 1 is 1.27 bits per heavy atom. The lowest BCUT2D eigenvalue weighted by molar-refractivity contribution is -0.139. The van der Waals surface area contributed by atoms with Crippen molar-refractivity contribution in [1.29, 1.82) is 0 Å². The quantitative estimate of drug-likeness (QED) is 0.511. The number of benzene rings is 1. The van der Waals surface area contributed by atoms with Crippen LogP contribution in [0, 0.1) is 12.7 Å². The highest BCUT2D eigenvalue weighted by Crippen LogP contribution is 2.36. The molecule has 5 rings (SSSR count). The van der Waals surface area contributed by atoms with E-state index in [2.05, 4.69) is 15.2 Å². The summed E-state index contributed by atoms with van der Waals surface area (Å²) in [7, 11) is 0. The van der Waals surface area contributed by atoms with Gasteiger partial charge in [-0.15, -0.1) is 11.3 Å². The number of ether oxygens (including phenoxy) is 3. The fraction of sp³-hybridized carbons (Fsp3) is 0.517. The minimum Gasteiger partial charge on any atom is -0.463 e. The SMILES string of the molecule is CCOC(=O)C1=C(CN2CCO[C@@H]3CN(C(=O)OC(C)(C)C)C[C@@H]32)NC(c2nccs2)=NC1c1cccc(F)c1C. The molecule has 1 N–H and O–H groups in total. The molecule has 2 aromatic rings. The molecule has 1 aromatic heterocycles. The summed E-state index contributed by atoms with van der Waals surface area (Å²) in [5.74, 6) is -0.387. The number of likely N-dealkylation sites (tertiary alicyclic amines) is 1. The zero-order chi connectivity index (χ0) is 29.3. The van der Waals surface area contributed by atoms with Crippen molar-refractivity contribution in [2.45, 2.75) is 58.4 Å². The first kappa shape index (κ1) is 29.2. The van der Waals surface area contributed by atoms with Gasteiger partial charge in [0.2, 0.25) is 0 Å². The van der Waals surface area contributed by atoms with Crippen molar-refractivity contribution in [3.8, 4) is 0 Å². The third kappa shape index (κ3) is 6.29. The lowest BCUT2D eigenvalue weighted by Gasteiger charge is -2.38. The second-order valence-electron chi connectivity index (χ2n) is 11.2. The molecule has 3 aliphatic rings. The number of thiazole rings is 1. The highest BCUT2D eigenvalue weighted by molar-refractivity contribution is 7.11. The zero-order valence-corrected chi connectivity index (χ0v) is 24.8. The number of carbonyl (C=O) groups is 2. The van der Waals surface area contributed by atoms with Crippen LogP contribution in [0.2, 0.25) is 0 Å². The number of nitrogens with zero attached hydrogens (tertiary/aromatic N) is 4. The predicted molar refractivity (Wildman–Crippen MR) is 152 cm³/mol. The van der Waals surface area contributed by atoms with Crippen molar-refractivity contribution in [3.05, 3.63) is 63.0 Å². The van der Waals surface area contributed by atoms with Gasteiger partial charge in [0.25, 0.3) is 0 Å². The van der Waals surface area contributed by atoms with Crippen LogP contribution in [0.4, 0.5) is 9.18 Å². The standard InChI is InChI=1S/C29H36FN5O5S/c1-6-38-27(36)23-20(14-34-11-12-39-22-16-35(15-21(22)34)28(37)40-29(3,4)5)32-25(26-31-10-13-41-26)33-24(23)18-8-7-9-19(30)17(18)2/h7-10,13,21-22,24H,6,11-12,14-16H2,1-5H3,(H,32,33)/t21-,22+,24?/m0/s1. The van der Waals surface area contributed by atoms with Gasteiger partial charge in [-0.3, -0.25) is 9.89 Å². The van der Waals surface area contributed by atoms with E-state index in [-0.39, 0.29) is 30.7 Å². The molecule has 220 valence electrons. The molecule has 0 spiro atoms. The maximum Gasteiger partial charge on any atom is 0.410 e. The number of morpholine rings is 1. The molecule has 1 aromatic carbocycles. The van der Waals surface area contributed by atoms with Crippen molar-refractivity contribution < 1.29 is 28.2 Å². The van der Waals surface area contributed by atoms with Gasteiger partial charge in [-0.1, -0.05) is 12.1 Å². The second kappa shape index (κ2) is 11.9. The molecular formula is C29H36FN5O5S. The van der Waals surface area contributed by atoms with E-state index in [1.807, 2.05) is 26.2 Å². The first-order valence-electron chi connectivity index (χ1n) is 13.8. The number of hydrogen-bond acceptors (Lipinski definition) is 10. The summed E-state index contributed by atoms with van der Waals surface area (Å²) in [5.41, 5.74) is 1.32. The molecule has 2 saturated heterocycles. The van der Waals surface area contributed by atoms with Gasteiger partial charge >= 0.3 is 12.1 Å². The van der Waals surface area contributed by atoms with Gasteiger partial charge in [-0.2, -0.15) is 0 Å². The number of amidine groups is 1. The fourth-order valence-electron chi connectivity index (χ4n) is 5.40. The number of hydrogen-bond donors (Lipinski definition) is 1. The molecule has 1 amide bonds. The fourth-order valence-corrected chi connectivity index (χ4v) is 5.99. The molecule has 0 aliphatic carbocycles. The van der Waals surface area contributed by atoms with Crippen LogP contribution >= 0.6 is 11.3 Å². The van der Waals surface area contributed by atoms with Gasteiger partial charge in [-0.25, -0.2) is 19.0 Å². The monoisotopic (exact) mass is 585 g/mol. The molecule has 3 aliphatic heterocycles. The maximum atomic E-state index is 14.7. The lowest BCUT2D eigenvalue weighted by atomic mass is 9.92. The second-order valence-corrected chi connectivity index (χ2v) is 12.1. The van der Waals surface area contributed by atoms with Crippen LogP contribution < -0.4 is 5.32 Å². The summed E-state index contributed by atoms with van der Waals surface area (Å²) in [6.45, 7) is 11.4. The van der Waals surface area contributed by atoms with Crippen LogP contribution in [-0.2, 0) is 19.0 Å². The van der Waals surface area contributed by atoms with Crippen LogP contribution in [0.3, 0.4) is 0 Å². The Balaban J connectivity index is 1.51. The number of rotatable bonds is 6. The lowest BCUT2D eigenvalue weighted by Crippen LogP contribution is -2.53. The summed E-state index contributed by atoms with van der Waals surface area (Å²) in [4.78, 5) is 39.5. The normalized spacial score (nSPS) is 23.1. The Labute approximate surface area is 243 Å². The maximum absolute atomic E-state index is 14.7. The highest BCUT2D eigenvalue weighted by atomic mass is 32.1. The van der Waals surface area contributed by atoms with Crippen LogP contribution in [-0.4, -0.2) is 89.8 Å². The van der Waals surface area contributed by atoms with Crippen molar-refractivity contribution in [1.82, 2.24) is 20.1 Å². The number of aliphatic imine (C=N–C) groups is 1. The third-order valence-electron chi connectivity index (χ3n) is 7.29. The summed E-state index contributed by atoms with van der Waals surface area (Å²) in [6, 6.07) is 3.90. The highest BCUT2D eigenvalue weighted by Gasteiger charge is 2.44. The molecular weight excluding hydrogens is 549 g/mol. The van der Waals surface area contributed by atoms with Crippen LogP contribution in [0.25, 0.3) is 0 Å². The van der Waals surface area contributed by atoms with Crippen molar-refractivity contribution >= 4 is 29.2 Å². The van der Waals surface area contributed by atoms with Gasteiger partial charge in [0.05, 0.1) is 37.5 Å². The van der Waals surface area contributed by atoms with Crippen LogP contribution in [0.15, 0.2) is 46.0 Å². The van der Waals surface area contributed by atoms with Gasteiger partial charge in [-0.05, 0) is 51.8 Å². The van der Waals surface area contributed by atoms with E-state index in [1.54, 1.807) is 37.1 Å². The number of nitrogens with one attached hydrogen (secondary N) is 1. The van der Waals surface area contributed by atoms with E-state index >= 15 is 0 Å². The predicted octanol–water partition coefficient (Wildman–Crippen LogP) is 3.82. The molecule has 41 heavy (non-hydrogen) atoms. The minimum atomic E-state index is -0.793. The molecule has 4 heterocycles. The van der Waals surface area contributed by atoms with Crippen LogP contribution in [0.5, 0.6) is 0 Å². The number of halogens is 1. The molecule has 1 unspecified atom stereocenters. The van der Waals surface area contributed by atoms with Crippen LogP contribution in [0.1, 0.15) is 49.9 Å². The third-order valence-corrected chi connectivity index (χ3v) is 8.07. The van der Waals surface area contributed by atoms with Crippen molar-refractivity contribution in [3.63, 3.8) is 0 Å². The summed E-state index contributed by atoms with van der Waals surface area (Å²) in [5, 5.41) is 5.87. The van der Waals surface area contributed by atoms with Crippen molar-refractivity contribution in [2.24, 2.45) is 4.99 Å². The molecule has 0 saturated carbocycles. The molecule has 10 nitrogen and oxygen atoms in total. The number of aromatic nitrogens is 1. The average molecular weight is 586 g/mol. The molecule has 3 atom stereocenters. The first-order chi connectivity index (χ1) is 19.6. The summed E-state index contributed by atoms with van der Waals surface area (Å²) in [6.07, 6.45) is 1.12. The van der Waals surface area contributed by atoms with Gasteiger partial charge in [0, 0.05) is 36.9 Å². The Hall–Kier alpha value is -3.35. The van der Waals surface area contributed by atoms with Gasteiger partial charge < -0.3 is 24.4 Å². The van der Waals surface area contributed by atoms with E-state index in [1.165, 1.54) is 17.4 Å². The Kier molecular flexibility index (Phi) is 8.44. The number of carbonyl (C=O) groups excluding carboxylic acids is 2. The molecule has 2 fully saturated rings. The average Bonchev–Trinajstić information content (AvgIpc) is 3.60. The molecule has 0 bridgehead atoms. The van der Waals surface area contributed by atoms with Gasteiger partial charge in [0.15, 0.2) is 10.8 Å². The van der Waals surface area contributed by atoms with E-state index in [4.69, 9.17) is 19.2 Å². The molecule has 12 heteroatoms. The van der Waals surface area contributed by atoms with E-state index < -0.39 is 17.6 Å². The van der Waals surface area contributed by atoms with Gasteiger partial charge in [0.1, 0.15) is 17.5 Å². The Morgan fingerprint density at radius 2 is 2.07 bits per heavy atom. The van der Waals surface area contributed by atoms with E-state index in [0.29, 0.717) is 66.0 Å². The Bertz CT molecular complexity index is 1360.